The van der Waals surface area contributed by atoms with Crippen molar-refractivity contribution in [1.82, 2.24) is 14.5 Å². The van der Waals surface area contributed by atoms with Gasteiger partial charge in [0.15, 0.2) is 0 Å². The second-order valence-electron chi connectivity index (χ2n) is 15.8. The smallest absolute Gasteiger partial charge is 0.235 e. The van der Waals surface area contributed by atoms with Gasteiger partial charge in [-0.2, -0.15) is 0 Å². The maximum atomic E-state index is 5.55. The monoisotopic (exact) mass is 741 g/mol. The molecule has 0 fully saturated rings. The number of rotatable bonds is 6. The van der Waals surface area contributed by atoms with E-state index in [0.29, 0.717) is 5.95 Å². The highest BCUT2D eigenvalue weighted by Gasteiger charge is 2.35. The van der Waals surface area contributed by atoms with Crippen LogP contribution in [0, 0.1) is 0 Å². The first kappa shape index (κ1) is 33.9. The highest BCUT2D eigenvalue weighted by atomic mass is 15.2. The number of hydrogen-bond acceptors (Lipinski definition) is 2. The Hall–Kier alpha value is -7.36. The van der Waals surface area contributed by atoms with Gasteiger partial charge in [0.1, 0.15) is 0 Å². The Labute approximate surface area is 337 Å². The fraction of sp³-hybridized carbons (Fsp3) is 0.0545. The van der Waals surface area contributed by atoms with Crippen molar-refractivity contribution in [3.05, 3.63) is 206 Å². The quantitative estimate of drug-likeness (QED) is 0.170. The van der Waals surface area contributed by atoms with Gasteiger partial charge in [-0.3, -0.25) is 4.57 Å². The first-order valence-corrected chi connectivity index (χ1v) is 19.9. The first-order chi connectivity index (χ1) is 28.4. The Bertz CT molecular complexity index is 3390. The zero-order valence-electron chi connectivity index (χ0n) is 32.5. The average Bonchev–Trinajstić information content (AvgIpc) is 3.73. The fourth-order valence-electron chi connectivity index (χ4n) is 9.62. The van der Waals surface area contributed by atoms with Crippen molar-refractivity contribution in [3.63, 3.8) is 0 Å². The largest absolute Gasteiger partial charge is 0.277 e. The molecule has 1 aliphatic rings. The average molecular weight is 742 g/mol. The molecule has 0 amide bonds. The molecule has 274 valence electrons. The minimum absolute atomic E-state index is 0.165. The summed E-state index contributed by atoms with van der Waals surface area (Å²) in [6.07, 6.45) is 3.98. The van der Waals surface area contributed by atoms with E-state index in [4.69, 9.17) is 9.97 Å². The molecule has 1 aliphatic carbocycles. The summed E-state index contributed by atoms with van der Waals surface area (Å²) in [5, 5.41) is 8.13. The van der Waals surface area contributed by atoms with E-state index in [1.54, 1.807) is 0 Å². The molecule has 0 aliphatic heterocycles. The molecule has 0 atom stereocenters. The molecule has 0 N–H and O–H groups in total. The van der Waals surface area contributed by atoms with E-state index in [1.807, 2.05) is 12.2 Å². The van der Waals surface area contributed by atoms with Gasteiger partial charge in [0.05, 0.1) is 22.2 Å². The third-order valence-electron chi connectivity index (χ3n) is 12.4. The van der Waals surface area contributed by atoms with E-state index in [-0.39, 0.29) is 5.41 Å². The van der Waals surface area contributed by atoms with Crippen LogP contribution in [0.5, 0.6) is 0 Å². The molecule has 8 aromatic carbocycles. The van der Waals surface area contributed by atoms with Crippen LogP contribution >= 0.6 is 0 Å². The lowest BCUT2D eigenvalue weighted by molar-refractivity contribution is 0.654. The highest BCUT2D eigenvalue weighted by molar-refractivity contribution is 6.21. The summed E-state index contributed by atoms with van der Waals surface area (Å²) in [6, 6.07) is 59.0. The van der Waals surface area contributed by atoms with Crippen molar-refractivity contribution in [3.8, 4) is 39.5 Å². The number of benzene rings is 8. The number of nitrogens with zero attached hydrogens (tertiary/aromatic N) is 3. The van der Waals surface area contributed by atoms with Crippen molar-refractivity contribution in [2.75, 3.05) is 0 Å². The van der Waals surface area contributed by atoms with Crippen LogP contribution in [-0.4, -0.2) is 14.5 Å². The molecule has 0 saturated carbocycles. The van der Waals surface area contributed by atoms with E-state index in [1.165, 1.54) is 44.0 Å². The van der Waals surface area contributed by atoms with E-state index in [2.05, 4.69) is 195 Å². The first-order valence-electron chi connectivity index (χ1n) is 19.9. The molecule has 10 aromatic rings. The predicted octanol–water partition coefficient (Wildman–Crippen LogP) is 14.5. The Morgan fingerprint density at radius 1 is 0.483 bits per heavy atom. The molecule has 0 unspecified atom stereocenters. The van der Waals surface area contributed by atoms with E-state index >= 15 is 0 Å². The lowest BCUT2D eigenvalue weighted by Gasteiger charge is -2.23. The van der Waals surface area contributed by atoms with Crippen molar-refractivity contribution in [2.45, 2.75) is 19.3 Å². The fourth-order valence-corrected chi connectivity index (χ4v) is 9.62. The van der Waals surface area contributed by atoms with Crippen molar-refractivity contribution in [2.24, 2.45) is 0 Å². The van der Waals surface area contributed by atoms with Crippen LogP contribution < -0.4 is 0 Å². The van der Waals surface area contributed by atoms with Crippen LogP contribution in [0.25, 0.3) is 99.3 Å². The summed E-state index contributed by atoms with van der Waals surface area (Å²) in [5.41, 5.74) is 14.3. The lowest BCUT2D eigenvalue weighted by Crippen LogP contribution is -2.15. The third kappa shape index (κ3) is 4.93. The SMILES string of the molecule is C=CC1=C(C=C)C(C)(C)c2ccc(-c3cccc4c5ccc6ccccc6c5n(-c5nc(-c6ccc(-c7cccc8ccccc78)cc6)c6ccccc6n5)c34)cc21. The zero-order chi connectivity index (χ0) is 39.1. The Balaban J connectivity index is 1.18. The molecule has 0 spiro atoms. The maximum Gasteiger partial charge on any atom is 0.235 e. The standard InChI is InChI=1S/C55H39N3/c1-5-39-47-33-38(30-32-49(47)55(3,4)48(39)6-2)43-22-14-23-44-45-31-29-35-16-8-10-19-42(35)52(45)58(53(43)44)54-56-50-24-12-11-20-46(50)51(57-54)37-27-25-36(26-28-37)41-21-13-17-34-15-7-9-18-40(34)41/h5-33H,1-2H2,3-4H3. The molecule has 0 bridgehead atoms. The second-order valence-corrected chi connectivity index (χ2v) is 15.8. The van der Waals surface area contributed by atoms with Gasteiger partial charge < -0.3 is 0 Å². The highest BCUT2D eigenvalue weighted by Crippen LogP contribution is 2.49. The molecule has 2 aromatic heterocycles. The topological polar surface area (TPSA) is 30.7 Å². The second kappa shape index (κ2) is 12.8. The van der Waals surface area contributed by atoms with E-state index < -0.39 is 0 Å². The van der Waals surface area contributed by atoms with Crippen molar-refractivity contribution in [1.29, 1.82) is 0 Å². The van der Waals surface area contributed by atoms with Crippen molar-refractivity contribution < 1.29 is 0 Å². The molecule has 3 nitrogen and oxygen atoms in total. The summed E-state index contributed by atoms with van der Waals surface area (Å²) >= 11 is 0. The molecule has 2 heterocycles. The number of fused-ring (bicyclic) bond motifs is 8. The number of aromatic nitrogens is 3. The zero-order valence-corrected chi connectivity index (χ0v) is 32.5. The maximum absolute atomic E-state index is 5.55. The molecule has 11 rings (SSSR count). The van der Waals surface area contributed by atoms with Crippen LogP contribution in [0.4, 0.5) is 0 Å². The minimum atomic E-state index is -0.165. The Morgan fingerprint density at radius 2 is 1.10 bits per heavy atom. The van der Waals surface area contributed by atoms with E-state index in [0.717, 1.165) is 66.1 Å². The van der Waals surface area contributed by atoms with Gasteiger partial charge in [-0.05, 0) is 67.3 Å². The van der Waals surface area contributed by atoms with Crippen LogP contribution in [0.15, 0.2) is 195 Å². The molecule has 0 radical (unpaired) electrons. The molecule has 58 heavy (non-hydrogen) atoms. The summed E-state index contributed by atoms with van der Waals surface area (Å²) in [7, 11) is 0. The summed E-state index contributed by atoms with van der Waals surface area (Å²) in [5.74, 6) is 0.638. The molecule has 3 heteroatoms. The van der Waals surface area contributed by atoms with Crippen LogP contribution in [-0.2, 0) is 5.41 Å². The summed E-state index contributed by atoms with van der Waals surface area (Å²) in [4.78, 5) is 10.9. The van der Waals surface area contributed by atoms with Crippen molar-refractivity contribution >= 4 is 59.8 Å². The van der Waals surface area contributed by atoms with Crippen LogP contribution in [0.2, 0.25) is 0 Å². The minimum Gasteiger partial charge on any atom is -0.277 e. The Morgan fingerprint density at radius 3 is 1.90 bits per heavy atom. The summed E-state index contributed by atoms with van der Waals surface area (Å²) in [6.45, 7) is 13.0. The van der Waals surface area contributed by atoms with Gasteiger partial charge in [-0.1, -0.05) is 191 Å². The number of para-hydroxylation sites is 2. The normalized spacial score (nSPS) is 13.6. The van der Waals surface area contributed by atoms with Crippen LogP contribution in [0.1, 0.15) is 25.0 Å². The van der Waals surface area contributed by atoms with Gasteiger partial charge in [0.25, 0.3) is 0 Å². The summed E-state index contributed by atoms with van der Waals surface area (Å²) < 4.78 is 2.32. The Kier molecular flexibility index (Phi) is 7.51. The third-order valence-corrected chi connectivity index (χ3v) is 12.4. The predicted molar refractivity (Wildman–Crippen MR) is 246 cm³/mol. The van der Waals surface area contributed by atoms with Crippen LogP contribution in [0.3, 0.4) is 0 Å². The molecular formula is C55H39N3. The lowest BCUT2D eigenvalue weighted by atomic mass is 9.81. The number of hydrogen-bond donors (Lipinski definition) is 0. The van der Waals surface area contributed by atoms with Gasteiger partial charge in [-0.25, -0.2) is 9.97 Å². The number of allylic oxidation sites excluding steroid dienone is 4. The van der Waals surface area contributed by atoms with Gasteiger partial charge >= 0.3 is 0 Å². The molecule has 0 saturated heterocycles. The van der Waals surface area contributed by atoms with Gasteiger partial charge in [0.2, 0.25) is 5.95 Å². The molecular weight excluding hydrogens is 703 g/mol. The van der Waals surface area contributed by atoms with Gasteiger partial charge in [0, 0.05) is 38.1 Å². The van der Waals surface area contributed by atoms with Gasteiger partial charge in [-0.15, -0.1) is 0 Å². The van der Waals surface area contributed by atoms with E-state index in [9.17, 15) is 0 Å².